The molecule has 0 aliphatic heterocycles. The Morgan fingerprint density at radius 3 is 2.03 bits per heavy atom. The summed E-state index contributed by atoms with van der Waals surface area (Å²) in [5.74, 6) is -0.504. The first-order valence-electron chi connectivity index (χ1n) is 9.62. The smallest absolute Gasteiger partial charge is 0.330 e. The van der Waals surface area contributed by atoms with Gasteiger partial charge in [0.2, 0.25) is 0 Å². The van der Waals surface area contributed by atoms with Gasteiger partial charge in [-0.25, -0.2) is 9.59 Å². The lowest BCUT2D eigenvalue weighted by atomic mass is 10.0. The van der Waals surface area contributed by atoms with E-state index in [0.29, 0.717) is 13.2 Å². The Balaban J connectivity index is 1.70. The first-order valence-corrected chi connectivity index (χ1v) is 9.62. The van der Waals surface area contributed by atoms with E-state index in [4.69, 9.17) is 14.6 Å². The Kier molecular flexibility index (Phi) is 9.22. The van der Waals surface area contributed by atoms with Crippen LogP contribution in [-0.4, -0.2) is 30.3 Å². The Hall–Kier alpha value is -3.34. The van der Waals surface area contributed by atoms with Gasteiger partial charge in [0.15, 0.2) is 0 Å². The predicted molar refractivity (Wildman–Crippen MR) is 114 cm³/mol. The summed E-state index contributed by atoms with van der Waals surface area (Å²) in [6.45, 7) is 4.44. The SMILES string of the molecule is C=CC(=O)OCCCCCCOc1ccc(-c2ccc(/C=C/C(=O)O)cc2)cc1. The minimum Gasteiger partial charge on any atom is -0.494 e. The summed E-state index contributed by atoms with van der Waals surface area (Å²) in [6, 6.07) is 15.6. The van der Waals surface area contributed by atoms with Gasteiger partial charge < -0.3 is 14.6 Å². The predicted octanol–water partition coefficient (Wildman–Crippen LogP) is 5.12. The lowest BCUT2D eigenvalue weighted by Crippen LogP contribution is -2.02. The van der Waals surface area contributed by atoms with Crippen LogP contribution in [0.4, 0.5) is 0 Å². The maximum absolute atomic E-state index is 10.9. The number of rotatable bonds is 12. The number of ether oxygens (including phenoxy) is 2. The Labute approximate surface area is 171 Å². The van der Waals surface area contributed by atoms with Crippen LogP contribution in [0, 0.1) is 0 Å². The first-order chi connectivity index (χ1) is 14.1. The molecule has 152 valence electrons. The molecule has 0 atom stereocenters. The molecule has 0 saturated carbocycles. The van der Waals surface area contributed by atoms with Crippen LogP contribution in [-0.2, 0) is 14.3 Å². The van der Waals surface area contributed by atoms with E-state index in [2.05, 4.69) is 6.58 Å². The van der Waals surface area contributed by atoms with Crippen LogP contribution in [0.5, 0.6) is 5.75 Å². The number of esters is 1. The van der Waals surface area contributed by atoms with E-state index in [9.17, 15) is 9.59 Å². The molecular formula is C24H26O5. The number of carboxylic acid groups (broad SMARTS) is 1. The summed E-state index contributed by atoms with van der Waals surface area (Å²) in [6.07, 6.45) is 7.67. The van der Waals surface area contributed by atoms with E-state index < -0.39 is 5.97 Å². The topological polar surface area (TPSA) is 72.8 Å². The molecule has 2 aromatic carbocycles. The van der Waals surface area contributed by atoms with E-state index in [0.717, 1.165) is 54.2 Å². The summed E-state index contributed by atoms with van der Waals surface area (Å²) in [5, 5.41) is 8.67. The molecular weight excluding hydrogens is 368 g/mol. The number of hydrogen-bond acceptors (Lipinski definition) is 4. The van der Waals surface area contributed by atoms with E-state index in [1.165, 1.54) is 6.08 Å². The van der Waals surface area contributed by atoms with Gasteiger partial charge in [0.25, 0.3) is 0 Å². The third-order valence-electron chi connectivity index (χ3n) is 4.24. The summed E-state index contributed by atoms with van der Waals surface area (Å²) in [7, 11) is 0. The molecule has 0 saturated heterocycles. The summed E-state index contributed by atoms with van der Waals surface area (Å²) < 4.78 is 10.7. The molecule has 0 aliphatic rings. The van der Waals surface area contributed by atoms with Crippen molar-refractivity contribution in [1.29, 1.82) is 0 Å². The molecule has 0 fully saturated rings. The van der Waals surface area contributed by atoms with Crippen molar-refractivity contribution in [3.63, 3.8) is 0 Å². The highest BCUT2D eigenvalue weighted by Crippen LogP contribution is 2.23. The van der Waals surface area contributed by atoms with Crippen LogP contribution in [0.25, 0.3) is 17.2 Å². The molecule has 0 aliphatic carbocycles. The van der Waals surface area contributed by atoms with Gasteiger partial charge in [-0.2, -0.15) is 0 Å². The second-order valence-corrected chi connectivity index (χ2v) is 6.45. The third kappa shape index (κ3) is 8.47. The maximum atomic E-state index is 10.9. The number of unbranched alkanes of at least 4 members (excludes halogenated alkanes) is 3. The molecule has 29 heavy (non-hydrogen) atoms. The van der Waals surface area contributed by atoms with Crippen molar-refractivity contribution >= 4 is 18.0 Å². The number of carbonyl (C=O) groups is 2. The second kappa shape index (κ2) is 12.2. The van der Waals surface area contributed by atoms with Crippen molar-refractivity contribution in [3.05, 3.63) is 72.8 Å². The van der Waals surface area contributed by atoms with Crippen LogP contribution in [0.3, 0.4) is 0 Å². The monoisotopic (exact) mass is 394 g/mol. The molecule has 0 heterocycles. The Morgan fingerprint density at radius 1 is 0.862 bits per heavy atom. The molecule has 2 rings (SSSR count). The van der Waals surface area contributed by atoms with E-state index in [-0.39, 0.29) is 5.97 Å². The fourth-order valence-corrected chi connectivity index (χ4v) is 2.68. The molecule has 0 unspecified atom stereocenters. The number of carbonyl (C=O) groups excluding carboxylic acids is 1. The van der Waals surface area contributed by atoms with Gasteiger partial charge in [-0.15, -0.1) is 0 Å². The highest BCUT2D eigenvalue weighted by Gasteiger charge is 2.00. The van der Waals surface area contributed by atoms with Crippen LogP contribution in [0.1, 0.15) is 31.2 Å². The standard InChI is InChI=1S/C24H26O5/c1-2-24(27)29-18-6-4-3-5-17-28-22-14-12-21(13-15-22)20-10-7-19(8-11-20)9-16-23(25)26/h2,7-16H,1,3-6,17-18H2,(H,25,26)/b16-9+. The molecule has 0 bridgehead atoms. The molecule has 5 nitrogen and oxygen atoms in total. The molecule has 0 aromatic heterocycles. The molecule has 0 radical (unpaired) electrons. The fraction of sp³-hybridized carbons (Fsp3) is 0.250. The minimum absolute atomic E-state index is 0.372. The molecule has 1 N–H and O–H groups in total. The average molecular weight is 394 g/mol. The van der Waals surface area contributed by atoms with Crippen LogP contribution < -0.4 is 4.74 Å². The van der Waals surface area contributed by atoms with Gasteiger partial charge in [0, 0.05) is 12.2 Å². The first kappa shape index (κ1) is 22.0. The van der Waals surface area contributed by atoms with Gasteiger partial charge in [0.1, 0.15) is 5.75 Å². The number of hydrogen-bond donors (Lipinski definition) is 1. The van der Waals surface area contributed by atoms with Crippen molar-refractivity contribution < 1.29 is 24.2 Å². The second-order valence-electron chi connectivity index (χ2n) is 6.45. The average Bonchev–Trinajstić information content (AvgIpc) is 2.74. The summed E-state index contributed by atoms with van der Waals surface area (Å²) in [4.78, 5) is 21.5. The summed E-state index contributed by atoms with van der Waals surface area (Å²) in [5.41, 5.74) is 2.97. The highest BCUT2D eigenvalue weighted by molar-refractivity contribution is 5.85. The molecule has 2 aromatic rings. The highest BCUT2D eigenvalue weighted by atomic mass is 16.5. The number of aliphatic carboxylic acids is 1. The van der Waals surface area contributed by atoms with E-state index >= 15 is 0 Å². The zero-order chi connectivity index (χ0) is 20.9. The van der Waals surface area contributed by atoms with Crippen molar-refractivity contribution in [2.24, 2.45) is 0 Å². The number of benzene rings is 2. The van der Waals surface area contributed by atoms with Gasteiger partial charge in [-0.3, -0.25) is 0 Å². The zero-order valence-corrected chi connectivity index (χ0v) is 16.4. The normalized spacial score (nSPS) is 10.6. The lowest BCUT2D eigenvalue weighted by molar-refractivity contribution is -0.138. The van der Waals surface area contributed by atoms with Crippen LogP contribution >= 0.6 is 0 Å². The van der Waals surface area contributed by atoms with Gasteiger partial charge >= 0.3 is 11.9 Å². The quantitative estimate of drug-likeness (QED) is 0.307. The van der Waals surface area contributed by atoms with Gasteiger partial charge in [-0.05, 0) is 60.6 Å². The maximum Gasteiger partial charge on any atom is 0.330 e. The number of carboxylic acids is 1. The van der Waals surface area contributed by atoms with Crippen molar-refractivity contribution in [2.45, 2.75) is 25.7 Å². The third-order valence-corrected chi connectivity index (χ3v) is 4.24. The van der Waals surface area contributed by atoms with Crippen LogP contribution in [0.2, 0.25) is 0 Å². The molecule has 0 spiro atoms. The minimum atomic E-state index is -0.960. The fourth-order valence-electron chi connectivity index (χ4n) is 2.68. The molecule has 0 amide bonds. The van der Waals surface area contributed by atoms with E-state index in [1.807, 2.05) is 48.5 Å². The molecule has 5 heteroatoms. The van der Waals surface area contributed by atoms with Crippen molar-refractivity contribution in [2.75, 3.05) is 13.2 Å². The van der Waals surface area contributed by atoms with Gasteiger partial charge in [-0.1, -0.05) is 43.0 Å². The van der Waals surface area contributed by atoms with E-state index in [1.54, 1.807) is 6.08 Å². The Bertz CT molecular complexity index is 819. The lowest BCUT2D eigenvalue weighted by Gasteiger charge is -2.08. The zero-order valence-electron chi connectivity index (χ0n) is 16.4. The van der Waals surface area contributed by atoms with Crippen molar-refractivity contribution in [1.82, 2.24) is 0 Å². The van der Waals surface area contributed by atoms with Crippen LogP contribution in [0.15, 0.2) is 67.3 Å². The van der Waals surface area contributed by atoms with Crippen molar-refractivity contribution in [3.8, 4) is 16.9 Å². The van der Waals surface area contributed by atoms with Gasteiger partial charge in [0.05, 0.1) is 13.2 Å². The largest absolute Gasteiger partial charge is 0.494 e. The summed E-state index contributed by atoms with van der Waals surface area (Å²) >= 11 is 0. The Morgan fingerprint density at radius 2 is 1.45 bits per heavy atom.